The Balaban J connectivity index is 2.54. The van der Waals surface area contributed by atoms with Crippen LogP contribution in [0.5, 0.6) is 5.75 Å². The third-order valence-electron chi connectivity index (χ3n) is 2.44. The molecule has 0 amide bonds. The molecule has 0 unspecified atom stereocenters. The average molecular weight is 257 g/mol. The molecule has 0 atom stereocenters. The van der Waals surface area contributed by atoms with Gasteiger partial charge in [0, 0.05) is 23.7 Å². The monoisotopic (exact) mass is 256 g/mol. The van der Waals surface area contributed by atoms with Gasteiger partial charge in [-0.2, -0.15) is 0 Å². The Hall–Kier alpha value is -0.770. The average Bonchev–Trinajstić information content (AvgIpc) is 2.28. The van der Waals surface area contributed by atoms with Crippen LogP contribution in [-0.4, -0.2) is 39.2 Å². The summed E-state index contributed by atoms with van der Waals surface area (Å²) in [5.74, 6) is 0.880. The number of hydrogen-bond acceptors (Lipinski definition) is 3. The Bertz CT molecular complexity index is 342. The molecule has 0 aliphatic carbocycles. The Labute approximate surface area is 109 Å². The zero-order valence-electron chi connectivity index (χ0n) is 10.8. The van der Waals surface area contributed by atoms with Gasteiger partial charge in [0.1, 0.15) is 5.75 Å². The molecule has 0 fully saturated rings. The SMILES string of the molecule is CNCc1c(Cl)cccc1OCCCN(C)C. The molecule has 17 heavy (non-hydrogen) atoms. The summed E-state index contributed by atoms with van der Waals surface area (Å²) in [7, 11) is 6.02. The van der Waals surface area contributed by atoms with Gasteiger partial charge in [0.05, 0.1) is 6.61 Å². The van der Waals surface area contributed by atoms with Crippen molar-refractivity contribution in [2.75, 3.05) is 34.3 Å². The minimum Gasteiger partial charge on any atom is -0.493 e. The summed E-state index contributed by atoms with van der Waals surface area (Å²) in [5, 5.41) is 3.86. The highest BCUT2D eigenvalue weighted by molar-refractivity contribution is 6.31. The summed E-state index contributed by atoms with van der Waals surface area (Å²) in [6.45, 7) is 2.47. The summed E-state index contributed by atoms with van der Waals surface area (Å²) >= 11 is 6.14. The lowest BCUT2D eigenvalue weighted by atomic mass is 10.2. The summed E-state index contributed by atoms with van der Waals surface area (Å²) in [4.78, 5) is 2.15. The molecule has 1 N–H and O–H groups in total. The predicted octanol–water partition coefficient (Wildman–Crippen LogP) is 2.39. The van der Waals surface area contributed by atoms with Gasteiger partial charge >= 0.3 is 0 Å². The van der Waals surface area contributed by atoms with E-state index in [9.17, 15) is 0 Å². The van der Waals surface area contributed by atoms with Crippen LogP contribution in [0.25, 0.3) is 0 Å². The van der Waals surface area contributed by atoms with E-state index in [-0.39, 0.29) is 0 Å². The maximum absolute atomic E-state index is 6.14. The Morgan fingerprint density at radius 1 is 1.35 bits per heavy atom. The quantitative estimate of drug-likeness (QED) is 0.759. The van der Waals surface area contributed by atoms with Gasteiger partial charge in [-0.15, -0.1) is 0 Å². The van der Waals surface area contributed by atoms with Crippen LogP contribution in [0.1, 0.15) is 12.0 Å². The van der Waals surface area contributed by atoms with E-state index in [1.54, 1.807) is 0 Å². The van der Waals surface area contributed by atoms with Crippen LogP contribution in [0, 0.1) is 0 Å². The summed E-state index contributed by atoms with van der Waals surface area (Å²) < 4.78 is 5.77. The molecule has 0 bridgehead atoms. The topological polar surface area (TPSA) is 24.5 Å². The van der Waals surface area contributed by atoms with Gasteiger partial charge in [-0.05, 0) is 39.7 Å². The van der Waals surface area contributed by atoms with E-state index in [2.05, 4.69) is 24.3 Å². The van der Waals surface area contributed by atoms with Gasteiger partial charge in [0.15, 0.2) is 0 Å². The zero-order chi connectivity index (χ0) is 12.7. The first kappa shape index (κ1) is 14.3. The molecule has 0 aromatic heterocycles. The highest BCUT2D eigenvalue weighted by Gasteiger charge is 2.07. The lowest BCUT2D eigenvalue weighted by molar-refractivity contribution is 0.279. The minimum absolute atomic E-state index is 0.717. The molecule has 3 nitrogen and oxygen atoms in total. The molecular weight excluding hydrogens is 236 g/mol. The van der Waals surface area contributed by atoms with Gasteiger partial charge in [0.25, 0.3) is 0 Å². The first-order chi connectivity index (χ1) is 8.15. The summed E-state index contributed by atoms with van der Waals surface area (Å²) in [5.41, 5.74) is 1.03. The Morgan fingerprint density at radius 3 is 2.76 bits per heavy atom. The lowest BCUT2D eigenvalue weighted by Gasteiger charge is -2.14. The normalized spacial score (nSPS) is 10.9. The molecule has 0 radical (unpaired) electrons. The van der Waals surface area contributed by atoms with Crippen LogP contribution in [0.4, 0.5) is 0 Å². The fraction of sp³-hybridized carbons (Fsp3) is 0.538. The van der Waals surface area contributed by atoms with Gasteiger partial charge in [-0.1, -0.05) is 17.7 Å². The second kappa shape index (κ2) is 7.54. The first-order valence-electron chi connectivity index (χ1n) is 5.84. The van der Waals surface area contributed by atoms with Crippen molar-refractivity contribution in [1.29, 1.82) is 0 Å². The maximum Gasteiger partial charge on any atom is 0.125 e. The third kappa shape index (κ3) is 4.94. The van der Waals surface area contributed by atoms with Crippen LogP contribution in [-0.2, 0) is 6.54 Å². The predicted molar refractivity (Wildman–Crippen MR) is 72.9 cm³/mol. The number of ether oxygens (including phenoxy) is 1. The molecule has 1 aromatic carbocycles. The first-order valence-corrected chi connectivity index (χ1v) is 6.22. The van der Waals surface area contributed by atoms with Gasteiger partial charge in [0.2, 0.25) is 0 Å². The summed E-state index contributed by atoms with van der Waals surface area (Å²) in [6, 6.07) is 5.78. The van der Waals surface area contributed by atoms with Crippen LogP contribution in [0.3, 0.4) is 0 Å². The largest absolute Gasteiger partial charge is 0.493 e. The van der Waals surface area contributed by atoms with E-state index in [0.29, 0.717) is 0 Å². The molecular formula is C13H21ClN2O. The van der Waals surface area contributed by atoms with Crippen molar-refractivity contribution in [3.8, 4) is 5.75 Å². The molecule has 0 saturated heterocycles. The van der Waals surface area contributed by atoms with E-state index < -0.39 is 0 Å². The maximum atomic E-state index is 6.14. The molecule has 0 spiro atoms. The van der Waals surface area contributed by atoms with Gasteiger partial charge < -0.3 is 15.0 Å². The van der Waals surface area contributed by atoms with Crippen molar-refractivity contribution < 1.29 is 4.74 Å². The number of benzene rings is 1. The van der Waals surface area contributed by atoms with Crippen molar-refractivity contribution in [3.05, 3.63) is 28.8 Å². The van der Waals surface area contributed by atoms with Crippen LogP contribution in [0.2, 0.25) is 5.02 Å². The standard InChI is InChI=1S/C13H21ClN2O/c1-15-10-11-12(14)6-4-7-13(11)17-9-5-8-16(2)3/h4,6-7,15H,5,8-10H2,1-3H3. The molecule has 0 aliphatic heterocycles. The van der Waals surface area contributed by atoms with E-state index in [1.807, 2.05) is 25.2 Å². The summed E-state index contributed by atoms with van der Waals surface area (Å²) in [6.07, 6.45) is 1.01. The van der Waals surface area contributed by atoms with Crippen molar-refractivity contribution in [2.45, 2.75) is 13.0 Å². The minimum atomic E-state index is 0.717. The second-order valence-electron chi connectivity index (χ2n) is 4.25. The van der Waals surface area contributed by atoms with E-state index >= 15 is 0 Å². The fourth-order valence-corrected chi connectivity index (χ4v) is 1.82. The highest BCUT2D eigenvalue weighted by atomic mass is 35.5. The Kier molecular flexibility index (Phi) is 6.34. The molecule has 1 aromatic rings. The Morgan fingerprint density at radius 2 is 2.12 bits per heavy atom. The highest BCUT2D eigenvalue weighted by Crippen LogP contribution is 2.26. The number of halogens is 1. The molecule has 0 aliphatic rings. The number of hydrogen-bond donors (Lipinski definition) is 1. The van der Waals surface area contributed by atoms with Crippen LogP contribution < -0.4 is 10.1 Å². The van der Waals surface area contributed by atoms with Gasteiger partial charge in [-0.25, -0.2) is 0 Å². The van der Waals surface area contributed by atoms with Crippen LogP contribution in [0.15, 0.2) is 18.2 Å². The molecule has 4 heteroatoms. The molecule has 1 rings (SSSR count). The lowest BCUT2D eigenvalue weighted by Crippen LogP contribution is -2.16. The molecule has 96 valence electrons. The third-order valence-corrected chi connectivity index (χ3v) is 2.79. The number of nitrogens with zero attached hydrogens (tertiary/aromatic N) is 1. The van der Waals surface area contributed by atoms with Gasteiger partial charge in [-0.3, -0.25) is 0 Å². The van der Waals surface area contributed by atoms with E-state index in [0.717, 1.165) is 42.5 Å². The zero-order valence-corrected chi connectivity index (χ0v) is 11.5. The van der Waals surface area contributed by atoms with Crippen molar-refractivity contribution in [1.82, 2.24) is 10.2 Å². The smallest absolute Gasteiger partial charge is 0.125 e. The van der Waals surface area contributed by atoms with Crippen molar-refractivity contribution >= 4 is 11.6 Å². The van der Waals surface area contributed by atoms with Crippen molar-refractivity contribution in [2.24, 2.45) is 0 Å². The number of nitrogens with one attached hydrogen (secondary N) is 1. The van der Waals surface area contributed by atoms with E-state index in [1.165, 1.54) is 0 Å². The number of rotatable bonds is 7. The molecule has 0 heterocycles. The van der Waals surface area contributed by atoms with Crippen LogP contribution >= 0.6 is 11.6 Å². The molecule has 0 saturated carbocycles. The second-order valence-corrected chi connectivity index (χ2v) is 4.66. The van der Waals surface area contributed by atoms with E-state index in [4.69, 9.17) is 16.3 Å². The fourth-order valence-electron chi connectivity index (χ4n) is 1.59. The van der Waals surface area contributed by atoms with Crippen molar-refractivity contribution in [3.63, 3.8) is 0 Å².